The largest absolute Gasteiger partial charge is 0.375 e. The van der Waals surface area contributed by atoms with E-state index >= 15 is 0 Å². The Morgan fingerprint density at radius 2 is 1.92 bits per heavy atom. The van der Waals surface area contributed by atoms with Crippen LogP contribution in [0.5, 0.6) is 0 Å². The highest BCUT2D eigenvalue weighted by Crippen LogP contribution is 2.25. The summed E-state index contributed by atoms with van der Waals surface area (Å²) in [6.45, 7) is 0. The molecule has 0 unspecified atom stereocenters. The summed E-state index contributed by atoms with van der Waals surface area (Å²) >= 11 is 1.43. The van der Waals surface area contributed by atoms with Crippen LogP contribution in [0.1, 0.15) is 0 Å². The van der Waals surface area contributed by atoms with Gasteiger partial charge in [-0.25, -0.2) is 15.0 Å². The summed E-state index contributed by atoms with van der Waals surface area (Å²) in [6.07, 6.45) is 6.69. The molecule has 0 aliphatic heterocycles. The van der Waals surface area contributed by atoms with Gasteiger partial charge in [-0.3, -0.25) is 0 Å². The summed E-state index contributed by atoms with van der Waals surface area (Å²) in [4.78, 5) is 12.7. The average Bonchev–Trinajstić information content (AvgIpc) is 2.54. The Morgan fingerprint density at radius 3 is 2.50 bits per heavy atom. The van der Waals surface area contributed by atoms with Crippen LogP contribution in [-0.2, 0) is 0 Å². The van der Waals surface area contributed by atoms with Crippen molar-refractivity contribution >= 4 is 16.5 Å². The van der Waals surface area contributed by atoms with Crippen molar-refractivity contribution in [3.63, 3.8) is 0 Å². The van der Waals surface area contributed by atoms with Crippen LogP contribution in [0.2, 0.25) is 0 Å². The number of hydrogen-bond donors (Lipinski definition) is 1. The summed E-state index contributed by atoms with van der Waals surface area (Å²) < 4.78 is 0. The molecule has 0 bridgehead atoms. The molecule has 12 heavy (non-hydrogen) atoms. The Kier molecular flexibility index (Phi) is 1.71. The Hall–Kier alpha value is -1.49. The van der Waals surface area contributed by atoms with Crippen LogP contribution in [0.15, 0.2) is 24.9 Å². The van der Waals surface area contributed by atoms with Crippen LogP contribution < -0.4 is 5.73 Å². The van der Waals surface area contributed by atoms with Gasteiger partial charge in [0.05, 0.1) is 4.88 Å². The number of nitrogen functional groups attached to an aromatic ring is 1. The molecule has 4 nitrogen and oxygen atoms in total. The fourth-order valence-corrected chi connectivity index (χ4v) is 1.51. The molecule has 0 fully saturated rings. The fraction of sp³-hybridized carbons (Fsp3) is 0. The second-order valence-electron chi connectivity index (χ2n) is 2.19. The summed E-state index contributed by atoms with van der Waals surface area (Å²) in [7, 11) is 0. The molecular weight excluding hydrogens is 172 g/mol. The molecule has 2 aromatic heterocycles. The lowest BCUT2D eigenvalue weighted by molar-refractivity contribution is 1.17. The van der Waals surface area contributed by atoms with Gasteiger partial charge in [0, 0.05) is 24.2 Å². The van der Waals surface area contributed by atoms with E-state index < -0.39 is 0 Å². The highest BCUT2D eigenvalue weighted by Gasteiger charge is 2.00. The predicted octanol–water partition coefficient (Wildman–Crippen LogP) is 1.18. The maximum Gasteiger partial charge on any atom is 0.180 e. The van der Waals surface area contributed by atoms with Crippen molar-refractivity contribution in [2.24, 2.45) is 0 Å². The topological polar surface area (TPSA) is 64.7 Å². The van der Waals surface area contributed by atoms with Gasteiger partial charge in [-0.2, -0.15) is 0 Å². The summed E-state index contributed by atoms with van der Waals surface area (Å²) in [6, 6.07) is 0. The third-order valence-corrected chi connectivity index (χ3v) is 2.24. The third-order valence-electron chi connectivity index (χ3n) is 1.37. The normalized spacial score (nSPS) is 10.0. The maximum absolute atomic E-state index is 5.48. The second-order valence-corrected chi connectivity index (χ2v) is 3.25. The van der Waals surface area contributed by atoms with Crippen molar-refractivity contribution in [1.82, 2.24) is 15.0 Å². The van der Waals surface area contributed by atoms with Crippen LogP contribution in [0.4, 0.5) is 5.13 Å². The molecule has 0 aliphatic rings. The van der Waals surface area contributed by atoms with Crippen molar-refractivity contribution in [3.8, 4) is 10.4 Å². The van der Waals surface area contributed by atoms with Crippen molar-refractivity contribution in [1.29, 1.82) is 0 Å². The number of nitrogens with two attached hydrogens (primary N) is 1. The van der Waals surface area contributed by atoms with Gasteiger partial charge in [0.1, 0.15) is 6.33 Å². The molecule has 2 heterocycles. The van der Waals surface area contributed by atoms with Crippen molar-refractivity contribution < 1.29 is 0 Å². The standard InChI is InChI=1S/C7H6N4S/c8-7-11-3-6(12-7)5-1-9-4-10-2-5/h1-4H,(H2,8,11). The Bertz CT molecular complexity index is 370. The van der Waals surface area contributed by atoms with Crippen LogP contribution in [0.3, 0.4) is 0 Å². The molecule has 0 saturated heterocycles. The minimum atomic E-state index is 0.564. The molecule has 0 atom stereocenters. The number of aromatic nitrogens is 3. The number of anilines is 1. The Balaban J connectivity index is 2.45. The molecule has 0 spiro atoms. The van der Waals surface area contributed by atoms with Crippen LogP contribution in [0, 0.1) is 0 Å². The lowest BCUT2D eigenvalue weighted by atomic mass is 10.3. The molecular formula is C7H6N4S. The highest BCUT2D eigenvalue weighted by molar-refractivity contribution is 7.18. The second kappa shape index (κ2) is 2.86. The van der Waals surface area contributed by atoms with E-state index in [1.54, 1.807) is 18.6 Å². The zero-order chi connectivity index (χ0) is 8.39. The number of thiazole rings is 1. The first kappa shape index (κ1) is 7.17. The van der Waals surface area contributed by atoms with Crippen LogP contribution in [0.25, 0.3) is 10.4 Å². The molecule has 0 aromatic carbocycles. The molecule has 0 radical (unpaired) electrons. The maximum atomic E-state index is 5.48. The van der Waals surface area contributed by atoms with Crippen molar-refractivity contribution in [3.05, 3.63) is 24.9 Å². The molecule has 60 valence electrons. The molecule has 2 N–H and O–H groups in total. The third kappa shape index (κ3) is 1.26. The van der Waals surface area contributed by atoms with Crippen LogP contribution in [-0.4, -0.2) is 15.0 Å². The lowest BCUT2D eigenvalue weighted by Gasteiger charge is -1.90. The van der Waals surface area contributed by atoms with Crippen molar-refractivity contribution in [2.45, 2.75) is 0 Å². The first-order valence-corrected chi connectivity index (χ1v) is 4.14. The Labute approximate surface area is 73.1 Å². The molecule has 0 aliphatic carbocycles. The Morgan fingerprint density at radius 1 is 1.17 bits per heavy atom. The summed E-state index contributed by atoms with van der Waals surface area (Å²) in [5.41, 5.74) is 6.43. The van der Waals surface area contributed by atoms with Gasteiger partial charge in [-0.1, -0.05) is 11.3 Å². The molecule has 2 rings (SSSR count). The summed E-state index contributed by atoms with van der Waals surface area (Å²) in [5.74, 6) is 0. The average molecular weight is 178 g/mol. The SMILES string of the molecule is Nc1ncc(-c2cncnc2)s1. The van der Waals surface area contributed by atoms with Gasteiger partial charge in [0.25, 0.3) is 0 Å². The number of nitrogens with zero attached hydrogens (tertiary/aromatic N) is 3. The monoisotopic (exact) mass is 178 g/mol. The first-order chi connectivity index (χ1) is 5.86. The number of rotatable bonds is 1. The molecule has 0 saturated carbocycles. The highest BCUT2D eigenvalue weighted by atomic mass is 32.1. The van der Waals surface area contributed by atoms with Gasteiger partial charge >= 0.3 is 0 Å². The van der Waals surface area contributed by atoms with Crippen molar-refractivity contribution in [2.75, 3.05) is 5.73 Å². The van der Waals surface area contributed by atoms with E-state index in [9.17, 15) is 0 Å². The van der Waals surface area contributed by atoms with E-state index in [2.05, 4.69) is 15.0 Å². The summed E-state index contributed by atoms with van der Waals surface area (Å²) in [5, 5.41) is 0.564. The van der Waals surface area contributed by atoms with E-state index in [-0.39, 0.29) is 0 Å². The van der Waals surface area contributed by atoms with E-state index in [4.69, 9.17) is 5.73 Å². The minimum absolute atomic E-state index is 0.564. The molecule has 2 aromatic rings. The fourth-order valence-electron chi connectivity index (χ4n) is 0.847. The van der Waals surface area contributed by atoms with Crippen LogP contribution >= 0.6 is 11.3 Å². The zero-order valence-electron chi connectivity index (χ0n) is 6.14. The van der Waals surface area contributed by atoms with Gasteiger partial charge in [0.2, 0.25) is 0 Å². The van der Waals surface area contributed by atoms with E-state index in [0.29, 0.717) is 5.13 Å². The van der Waals surface area contributed by atoms with Gasteiger partial charge < -0.3 is 5.73 Å². The first-order valence-electron chi connectivity index (χ1n) is 3.33. The smallest absolute Gasteiger partial charge is 0.180 e. The van der Waals surface area contributed by atoms with Gasteiger partial charge in [0.15, 0.2) is 5.13 Å². The lowest BCUT2D eigenvalue weighted by Crippen LogP contribution is -1.77. The number of hydrogen-bond acceptors (Lipinski definition) is 5. The zero-order valence-corrected chi connectivity index (χ0v) is 6.95. The van der Waals surface area contributed by atoms with E-state index in [1.165, 1.54) is 17.7 Å². The minimum Gasteiger partial charge on any atom is -0.375 e. The van der Waals surface area contributed by atoms with Gasteiger partial charge in [-0.05, 0) is 0 Å². The predicted molar refractivity (Wildman–Crippen MR) is 47.6 cm³/mol. The van der Waals surface area contributed by atoms with E-state index in [1.807, 2.05) is 0 Å². The quantitative estimate of drug-likeness (QED) is 0.712. The molecule has 0 amide bonds. The van der Waals surface area contributed by atoms with Gasteiger partial charge in [-0.15, -0.1) is 0 Å². The molecule has 5 heteroatoms. The van der Waals surface area contributed by atoms with E-state index in [0.717, 1.165) is 10.4 Å².